The second kappa shape index (κ2) is 10.6. The van der Waals surface area contributed by atoms with Crippen molar-refractivity contribution in [3.8, 4) is 5.69 Å². The number of carbonyl (C=O) groups excluding carboxylic acids is 1. The quantitative estimate of drug-likeness (QED) is 0.441. The van der Waals surface area contributed by atoms with E-state index in [0.717, 1.165) is 87.5 Å². The maximum absolute atomic E-state index is 13.7. The predicted octanol–water partition coefficient (Wildman–Crippen LogP) is 4.55. The molecule has 2 saturated heterocycles. The lowest BCUT2D eigenvalue weighted by molar-refractivity contribution is 0.00449. The van der Waals surface area contributed by atoms with E-state index in [-0.39, 0.29) is 11.5 Å². The number of methoxy groups -OCH3 is 1. The number of morpholine rings is 1. The van der Waals surface area contributed by atoms with Crippen LogP contribution in [-0.2, 0) is 9.47 Å². The number of ether oxygens (including phenoxy) is 2. The van der Waals surface area contributed by atoms with E-state index in [1.165, 1.54) is 25.7 Å². The van der Waals surface area contributed by atoms with Gasteiger partial charge in [-0.1, -0.05) is 6.42 Å². The Balaban J connectivity index is 1.38. The van der Waals surface area contributed by atoms with Crippen LogP contribution in [0.4, 0.5) is 10.1 Å². The Morgan fingerprint density at radius 2 is 1.79 bits per heavy atom. The first kappa shape index (κ1) is 25.2. The third-order valence-electron chi connectivity index (χ3n) is 8.79. The molecule has 2 aromatic heterocycles. The van der Waals surface area contributed by atoms with Crippen molar-refractivity contribution in [2.24, 2.45) is 5.92 Å². The topological polar surface area (TPSA) is 72.7 Å². The number of halogens is 1. The number of aromatic nitrogens is 3. The van der Waals surface area contributed by atoms with Crippen molar-refractivity contribution in [1.29, 1.82) is 0 Å². The predicted molar refractivity (Wildman–Crippen MR) is 144 cm³/mol. The first-order chi connectivity index (χ1) is 18.5. The van der Waals surface area contributed by atoms with Crippen LogP contribution in [-0.4, -0.2) is 78.2 Å². The summed E-state index contributed by atoms with van der Waals surface area (Å²) < 4.78 is 26.1. The van der Waals surface area contributed by atoms with Crippen LogP contribution in [0.5, 0.6) is 0 Å². The number of nitrogens with zero attached hydrogens (tertiary/aromatic N) is 5. The SMILES string of the molecule is COC(=O)c1cc(N2CCC(C(C)N3CCOCC3)CC2)c2c(C3CCC3)nn(-c3ccc(F)cc3)c2n1. The van der Waals surface area contributed by atoms with Gasteiger partial charge in [0.2, 0.25) is 0 Å². The van der Waals surface area contributed by atoms with Crippen LogP contribution >= 0.6 is 0 Å². The van der Waals surface area contributed by atoms with Crippen LogP contribution < -0.4 is 4.90 Å². The maximum Gasteiger partial charge on any atom is 0.356 e. The molecule has 8 nitrogen and oxygen atoms in total. The Kier molecular flexibility index (Phi) is 7.05. The normalized spacial score (nSPS) is 20.4. The summed E-state index contributed by atoms with van der Waals surface area (Å²) in [6.45, 7) is 7.81. The average Bonchev–Trinajstić information content (AvgIpc) is 3.30. The van der Waals surface area contributed by atoms with Gasteiger partial charge in [0.05, 0.1) is 42.8 Å². The summed E-state index contributed by atoms with van der Waals surface area (Å²) in [5.74, 6) is 0.209. The third-order valence-corrected chi connectivity index (χ3v) is 8.79. The molecule has 9 heteroatoms. The number of anilines is 1. The second-order valence-electron chi connectivity index (χ2n) is 10.8. The largest absolute Gasteiger partial charge is 0.464 e. The van der Waals surface area contributed by atoms with Gasteiger partial charge in [0.25, 0.3) is 0 Å². The Morgan fingerprint density at radius 3 is 2.42 bits per heavy atom. The molecular formula is C29H36FN5O3. The highest BCUT2D eigenvalue weighted by atomic mass is 19.1. The summed E-state index contributed by atoms with van der Waals surface area (Å²) in [4.78, 5) is 22.4. The van der Waals surface area contributed by atoms with Crippen LogP contribution in [0.25, 0.3) is 16.7 Å². The Labute approximate surface area is 222 Å². The molecule has 202 valence electrons. The van der Waals surface area contributed by atoms with E-state index in [0.29, 0.717) is 23.5 Å². The Hall–Kier alpha value is -3.04. The molecule has 6 rings (SSSR count). The number of esters is 1. The molecule has 0 spiro atoms. The fraction of sp³-hybridized carbons (Fsp3) is 0.552. The lowest BCUT2D eigenvalue weighted by atomic mass is 9.81. The molecule has 0 radical (unpaired) electrons. The van der Waals surface area contributed by atoms with Crippen molar-refractivity contribution < 1.29 is 18.7 Å². The highest BCUT2D eigenvalue weighted by Gasteiger charge is 2.33. The number of hydrogen-bond donors (Lipinski definition) is 0. The van der Waals surface area contributed by atoms with Gasteiger partial charge in [0, 0.05) is 38.1 Å². The Morgan fingerprint density at radius 1 is 1.08 bits per heavy atom. The molecule has 1 unspecified atom stereocenters. The first-order valence-corrected chi connectivity index (χ1v) is 13.9. The molecule has 1 saturated carbocycles. The molecule has 0 amide bonds. The summed E-state index contributed by atoms with van der Waals surface area (Å²) in [7, 11) is 1.38. The fourth-order valence-electron chi connectivity index (χ4n) is 6.22. The first-order valence-electron chi connectivity index (χ1n) is 13.9. The van der Waals surface area contributed by atoms with Crippen molar-refractivity contribution in [3.05, 3.63) is 47.5 Å². The summed E-state index contributed by atoms with van der Waals surface area (Å²) in [6, 6.07) is 8.68. The maximum atomic E-state index is 13.7. The summed E-state index contributed by atoms with van der Waals surface area (Å²) in [5, 5.41) is 6.04. The standard InChI is InChI=1S/C29H36FN5O3/c1-19(33-14-16-38-17-15-33)20-10-12-34(13-11-20)25-18-24(29(36)37-2)31-28-26(25)27(21-4-3-5-21)32-35(28)23-8-6-22(30)7-9-23/h6-9,18-21H,3-5,10-17H2,1-2H3. The lowest BCUT2D eigenvalue weighted by Crippen LogP contribution is -2.48. The summed E-state index contributed by atoms with van der Waals surface area (Å²) in [5.41, 5.74) is 3.64. The fourth-order valence-corrected chi connectivity index (χ4v) is 6.22. The van der Waals surface area contributed by atoms with E-state index in [1.54, 1.807) is 16.8 Å². The minimum Gasteiger partial charge on any atom is -0.464 e. The van der Waals surface area contributed by atoms with Gasteiger partial charge in [-0.2, -0.15) is 5.10 Å². The highest BCUT2D eigenvalue weighted by Crippen LogP contribution is 2.43. The molecule has 3 aromatic rings. The lowest BCUT2D eigenvalue weighted by Gasteiger charge is -2.41. The van der Waals surface area contributed by atoms with Crippen LogP contribution in [0.2, 0.25) is 0 Å². The monoisotopic (exact) mass is 521 g/mol. The number of benzene rings is 1. The van der Waals surface area contributed by atoms with Crippen molar-refractivity contribution >= 4 is 22.7 Å². The minimum atomic E-state index is -0.471. The van der Waals surface area contributed by atoms with Gasteiger partial charge in [-0.05, 0) is 68.9 Å². The number of carbonyl (C=O) groups is 1. The van der Waals surface area contributed by atoms with E-state index < -0.39 is 5.97 Å². The molecule has 3 fully saturated rings. The van der Waals surface area contributed by atoms with Crippen molar-refractivity contribution in [2.75, 3.05) is 51.4 Å². The van der Waals surface area contributed by atoms with Gasteiger partial charge in [-0.25, -0.2) is 18.9 Å². The number of hydrogen-bond acceptors (Lipinski definition) is 7. The van der Waals surface area contributed by atoms with E-state index in [4.69, 9.17) is 19.6 Å². The van der Waals surface area contributed by atoms with Gasteiger partial charge < -0.3 is 14.4 Å². The molecule has 1 aromatic carbocycles. The third kappa shape index (κ3) is 4.66. The van der Waals surface area contributed by atoms with Gasteiger partial charge in [-0.3, -0.25) is 4.90 Å². The molecule has 4 heterocycles. The van der Waals surface area contributed by atoms with E-state index in [2.05, 4.69) is 16.7 Å². The van der Waals surface area contributed by atoms with Crippen LogP contribution in [0.1, 0.15) is 61.1 Å². The summed E-state index contributed by atoms with van der Waals surface area (Å²) in [6.07, 6.45) is 5.53. The van der Waals surface area contributed by atoms with Crippen LogP contribution in [0, 0.1) is 11.7 Å². The molecule has 2 aliphatic heterocycles. The number of rotatable bonds is 6. The van der Waals surface area contributed by atoms with Crippen molar-refractivity contribution in [3.63, 3.8) is 0 Å². The molecular weight excluding hydrogens is 485 g/mol. The van der Waals surface area contributed by atoms with Crippen LogP contribution in [0.15, 0.2) is 30.3 Å². The minimum absolute atomic E-state index is 0.266. The molecule has 3 aliphatic rings. The van der Waals surface area contributed by atoms with E-state index in [1.807, 2.05) is 6.07 Å². The molecule has 38 heavy (non-hydrogen) atoms. The van der Waals surface area contributed by atoms with E-state index >= 15 is 0 Å². The molecule has 0 bridgehead atoms. The molecule has 1 atom stereocenters. The van der Waals surface area contributed by atoms with Crippen LogP contribution in [0.3, 0.4) is 0 Å². The number of pyridine rings is 1. The second-order valence-corrected chi connectivity index (χ2v) is 10.8. The number of piperidine rings is 1. The zero-order valence-electron chi connectivity index (χ0n) is 22.2. The highest BCUT2D eigenvalue weighted by molar-refractivity contribution is 5.99. The van der Waals surface area contributed by atoms with Gasteiger partial charge in [-0.15, -0.1) is 0 Å². The zero-order valence-corrected chi connectivity index (χ0v) is 22.2. The smallest absolute Gasteiger partial charge is 0.356 e. The van der Waals surface area contributed by atoms with Crippen molar-refractivity contribution in [2.45, 2.75) is 51.0 Å². The Bertz CT molecular complexity index is 1290. The van der Waals surface area contributed by atoms with Gasteiger partial charge >= 0.3 is 5.97 Å². The number of fused-ring (bicyclic) bond motifs is 1. The van der Waals surface area contributed by atoms with Gasteiger partial charge in [0.15, 0.2) is 11.3 Å². The average molecular weight is 522 g/mol. The summed E-state index contributed by atoms with van der Waals surface area (Å²) >= 11 is 0. The molecule has 1 aliphatic carbocycles. The van der Waals surface area contributed by atoms with Gasteiger partial charge in [0.1, 0.15) is 5.82 Å². The van der Waals surface area contributed by atoms with Crippen molar-refractivity contribution in [1.82, 2.24) is 19.7 Å². The molecule has 0 N–H and O–H groups in total. The van der Waals surface area contributed by atoms with E-state index in [9.17, 15) is 9.18 Å². The zero-order chi connectivity index (χ0) is 26.2.